The van der Waals surface area contributed by atoms with Crippen LogP contribution in [0.1, 0.15) is 24.8 Å². The second-order valence-electron chi connectivity index (χ2n) is 4.30. The third-order valence-electron chi connectivity index (χ3n) is 2.87. The van der Waals surface area contributed by atoms with Crippen molar-refractivity contribution in [2.75, 3.05) is 12.3 Å². The molecule has 2 heterocycles. The Bertz CT molecular complexity index is 290. The average molecular weight is 224 g/mol. The molecule has 1 fully saturated rings. The first-order valence-corrected chi connectivity index (χ1v) is 6.82. The van der Waals surface area contributed by atoms with Gasteiger partial charge in [-0.15, -0.1) is 0 Å². The van der Waals surface area contributed by atoms with E-state index in [4.69, 9.17) is 0 Å². The van der Waals surface area contributed by atoms with E-state index in [-0.39, 0.29) is 0 Å². The van der Waals surface area contributed by atoms with E-state index >= 15 is 0 Å². The molecule has 0 radical (unpaired) electrons. The van der Waals surface area contributed by atoms with Gasteiger partial charge in [0.15, 0.2) is 0 Å². The summed E-state index contributed by atoms with van der Waals surface area (Å²) < 4.78 is 2.10. The molecule has 0 spiro atoms. The van der Waals surface area contributed by atoms with Crippen LogP contribution in [-0.2, 0) is 13.6 Å². The molecule has 1 aromatic heterocycles. The molecule has 1 unspecified atom stereocenters. The summed E-state index contributed by atoms with van der Waals surface area (Å²) in [5, 5.41) is 4.40. The van der Waals surface area contributed by atoms with Crippen LogP contribution in [0.5, 0.6) is 0 Å². The van der Waals surface area contributed by atoms with Crippen molar-refractivity contribution in [3.63, 3.8) is 0 Å². The van der Waals surface area contributed by atoms with E-state index in [2.05, 4.69) is 47.2 Å². The van der Waals surface area contributed by atoms with E-state index < -0.39 is 0 Å². The van der Waals surface area contributed by atoms with Crippen LogP contribution < -0.4 is 5.32 Å². The molecule has 0 bridgehead atoms. The van der Waals surface area contributed by atoms with Gasteiger partial charge in [-0.05, 0) is 30.2 Å². The zero-order valence-corrected chi connectivity index (χ0v) is 10.2. The second-order valence-corrected chi connectivity index (χ2v) is 5.71. The molecule has 1 N–H and O–H groups in total. The molecule has 0 aromatic carbocycles. The summed E-state index contributed by atoms with van der Waals surface area (Å²) in [6.45, 7) is 2.18. The van der Waals surface area contributed by atoms with E-state index in [9.17, 15) is 0 Å². The third kappa shape index (κ3) is 3.58. The van der Waals surface area contributed by atoms with Crippen LogP contribution in [0.25, 0.3) is 0 Å². The lowest BCUT2D eigenvalue weighted by molar-refractivity contribution is 0.597. The van der Waals surface area contributed by atoms with E-state index in [1.165, 1.54) is 37.1 Å². The number of aryl methyl sites for hydroxylation is 1. The fraction of sp³-hybridized carbons (Fsp3) is 0.667. The lowest BCUT2D eigenvalue weighted by Crippen LogP contribution is -2.26. The summed E-state index contributed by atoms with van der Waals surface area (Å²) in [4.78, 5) is 0. The quantitative estimate of drug-likeness (QED) is 0.846. The monoisotopic (exact) mass is 224 g/mol. The van der Waals surface area contributed by atoms with Crippen LogP contribution in [0.15, 0.2) is 18.5 Å². The third-order valence-corrected chi connectivity index (χ3v) is 4.27. The van der Waals surface area contributed by atoms with Gasteiger partial charge in [0.25, 0.3) is 0 Å². The Kier molecular flexibility index (Phi) is 4.15. The van der Waals surface area contributed by atoms with Crippen LogP contribution in [0.4, 0.5) is 0 Å². The molecule has 1 aliphatic heterocycles. The minimum Gasteiger partial charge on any atom is -0.357 e. The van der Waals surface area contributed by atoms with Crippen molar-refractivity contribution >= 4 is 11.8 Å². The highest BCUT2D eigenvalue weighted by molar-refractivity contribution is 7.99. The van der Waals surface area contributed by atoms with Crippen molar-refractivity contribution in [1.29, 1.82) is 0 Å². The first-order valence-electron chi connectivity index (χ1n) is 5.78. The minimum atomic E-state index is 0.850. The van der Waals surface area contributed by atoms with Crippen LogP contribution in [0.3, 0.4) is 0 Å². The number of aromatic nitrogens is 1. The van der Waals surface area contributed by atoms with Crippen LogP contribution in [0, 0.1) is 0 Å². The number of thioether (sulfide) groups is 1. The van der Waals surface area contributed by atoms with Crippen LogP contribution in [0.2, 0.25) is 0 Å². The second kappa shape index (κ2) is 5.61. The van der Waals surface area contributed by atoms with Crippen LogP contribution in [-0.4, -0.2) is 22.1 Å². The summed E-state index contributed by atoms with van der Waals surface area (Å²) in [6, 6.07) is 2.18. The van der Waals surface area contributed by atoms with Crippen molar-refractivity contribution < 1.29 is 0 Å². The van der Waals surface area contributed by atoms with Gasteiger partial charge in [0.1, 0.15) is 0 Å². The molecule has 84 valence electrons. The average Bonchev–Trinajstić information content (AvgIpc) is 2.66. The molecule has 1 atom stereocenters. The lowest BCUT2D eigenvalue weighted by atomic mass is 10.2. The van der Waals surface area contributed by atoms with Crippen molar-refractivity contribution in [3.05, 3.63) is 24.0 Å². The minimum absolute atomic E-state index is 0.850. The first-order chi connectivity index (χ1) is 7.34. The van der Waals surface area contributed by atoms with Crippen molar-refractivity contribution in [2.24, 2.45) is 7.05 Å². The molecule has 2 rings (SSSR count). The fourth-order valence-corrected chi connectivity index (χ4v) is 3.28. The van der Waals surface area contributed by atoms with Gasteiger partial charge in [0, 0.05) is 37.8 Å². The molecule has 0 aliphatic carbocycles. The van der Waals surface area contributed by atoms with Crippen LogP contribution >= 0.6 is 11.8 Å². The summed E-state index contributed by atoms with van der Waals surface area (Å²) in [7, 11) is 2.07. The fourth-order valence-electron chi connectivity index (χ4n) is 2.01. The SMILES string of the molecule is Cn1ccc(CNCC2CCCCS2)c1. The molecule has 2 nitrogen and oxygen atoms in total. The highest BCUT2D eigenvalue weighted by atomic mass is 32.2. The number of nitrogens with one attached hydrogen (secondary N) is 1. The molecular formula is C12H20N2S. The van der Waals surface area contributed by atoms with Gasteiger partial charge in [-0.3, -0.25) is 0 Å². The molecule has 0 saturated carbocycles. The van der Waals surface area contributed by atoms with Gasteiger partial charge in [0.05, 0.1) is 0 Å². The molecule has 1 saturated heterocycles. The van der Waals surface area contributed by atoms with Gasteiger partial charge in [-0.2, -0.15) is 11.8 Å². The van der Waals surface area contributed by atoms with Crippen molar-refractivity contribution in [3.8, 4) is 0 Å². The highest BCUT2D eigenvalue weighted by Crippen LogP contribution is 2.24. The number of hydrogen-bond acceptors (Lipinski definition) is 2. The number of nitrogens with zero attached hydrogens (tertiary/aromatic N) is 1. The standard InChI is InChI=1S/C12H20N2S/c1-14-6-5-11(10-14)8-13-9-12-4-2-3-7-15-12/h5-6,10,12-13H,2-4,7-9H2,1H3. The predicted octanol–water partition coefficient (Wildman–Crippen LogP) is 2.40. The number of hydrogen-bond donors (Lipinski definition) is 1. The highest BCUT2D eigenvalue weighted by Gasteiger charge is 2.12. The lowest BCUT2D eigenvalue weighted by Gasteiger charge is -2.21. The maximum Gasteiger partial charge on any atom is 0.0220 e. The zero-order chi connectivity index (χ0) is 10.5. The normalized spacial score (nSPS) is 21.8. The maximum atomic E-state index is 3.55. The number of rotatable bonds is 4. The Balaban J connectivity index is 1.65. The largest absolute Gasteiger partial charge is 0.357 e. The van der Waals surface area contributed by atoms with E-state index in [0.717, 1.165) is 11.8 Å². The van der Waals surface area contributed by atoms with E-state index in [1.54, 1.807) is 0 Å². The van der Waals surface area contributed by atoms with E-state index in [0.29, 0.717) is 0 Å². The van der Waals surface area contributed by atoms with E-state index in [1.807, 2.05) is 0 Å². The predicted molar refractivity (Wildman–Crippen MR) is 67.2 cm³/mol. The Hall–Kier alpha value is -0.410. The molecular weight excluding hydrogens is 204 g/mol. The van der Waals surface area contributed by atoms with Gasteiger partial charge in [0.2, 0.25) is 0 Å². The maximum absolute atomic E-state index is 3.55. The Morgan fingerprint density at radius 1 is 1.53 bits per heavy atom. The summed E-state index contributed by atoms with van der Waals surface area (Å²) in [5.41, 5.74) is 1.39. The summed E-state index contributed by atoms with van der Waals surface area (Å²) in [6.07, 6.45) is 8.52. The smallest absolute Gasteiger partial charge is 0.0220 e. The topological polar surface area (TPSA) is 17.0 Å². The van der Waals surface area contributed by atoms with Crippen molar-refractivity contribution in [2.45, 2.75) is 31.1 Å². The molecule has 15 heavy (non-hydrogen) atoms. The Morgan fingerprint density at radius 3 is 3.13 bits per heavy atom. The molecule has 0 amide bonds. The van der Waals surface area contributed by atoms with Gasteiger partial charge in [-0.25, -0.2) is 0 Å². The zero-order valence-electron chi connectivity index (χ0n) is 9.41. The first kappa shape index (κ1) is 11.1. The Labute approximate surface area is 96.4 Å². The summed E-state index contributed by atoms with van der Waals surface area (Å²) >= 11 is 2.14. The molecule has 1 aliphatic rings. The molecule has 3 heteroatoms. The van der Waals surface area contributed by atoms with Gasteiger partial charge >= 0.3 is 0 Å². The molecule has 1 aromatic rings. The van der Waals surface area contributed by atoms with Crippen molar-refractivity contribution in [1.82, 2.24) is 9.88 Å². The van der Waals surface area contributed by atoms with Gasteiger partial charge in [-0.1, -0.05) is 6.42 Å². The van der Waals surface area contributed by atoms with Gasteiger partial charge < -0.3 is 9.88 Å². The summed E-state index contributed by atoms with van der Waals surface area (Å²) in [5.74, 6) is 1.36. The Morgan fingerprint density at radius 2 is 2.47 bits per heavy atom.